The van der Waals surface area contributed by atoms with E-state index in [2.05, 4.69) is 110 Å². The van der Waals surface area contributed by atoms with E-state index in [0.29, 0.717) is 0 Å². The van der Waals surface area contributed by atoms with E-state index in [4.69, 9.17) is 23.6 Å². The molecule has 0 spiro atoms. The zero-order chi connectivity index (χ0) is 23.5. The van der Waals surface area contributed by atoms with Crippen LogP contribution < -0.4 is 23.5 Å². The molecule has 0 N–H and O–H groups in total. The number of aliphatic imine (C=N–C) groups is 1. The summed E-state index contributed by atoms with van der Waals surface area (Å²) in [6, 6.07) is 25.3. The van der Waals surface area contributed by atoms with Gasteiger partial charge >= 0.3 is 5.84 Å². The first-order valence-electron chi connectivity index (χ1n) is 9.84. The van der Waals surface area contributed by atoms with Crippen molar-refractivity contribution in [2.75, 3.05) is 19.0 Å². The van der Waals surface area contributed by atoms with E-state index in [1.807, 2.05) is 0 Å². The molecule has 0 fully saturated rings. The second-order valence-electron chi connectivity index (χ2n) is 7.37. The Morgan fingerprint density at radius 1 is 0.750 bits per heavy atom. The summed E-state index contributed by atoms with van der Waals surface area (Å²) in [5.41, 5.74) is 7.15. The average molecular weight is 454 g/mol. The van der Waals surface area contributed by atoms with Crippen LogP contribution in [0.2, 0.25) is 0 Å². The molecule has 0 aromatic heterocycles. The molecular formula is C24H24ClN3O4. The highest BCUT2D eigenvalue weighted by Crippen LogP contribution is 2.28. The zero-order valence-electron chi connectivity index (χ0n) is 18.3. The summed E-state index contributed by atoms with van der Waals surface area (Å²) in [4.78, 5) is 7.26. The maximum absolute atomic E-state index is 8.49. The van der Waals surface area contributed by atoms with Gasteiger partial charge in [0.25, 0.3) is 5.84 Å². The Kier molecular flexibility index (Phi) is 7.08. The lowest BCUT2D eigenvalue weighted by molar-refractivity contribution is -2.00. The Balaban J connectivity index is 0.000000523. The smallest absolute Gasteiger partial charge is 0.308 e. The van der Waals surface area contributed by atoms with Crippen molar-refractivity contribution in [1.82, 2.24) is 0 Å². The van der Waals surface area contributed by atoms with Gasteiger partial charge in [0.2, 0.25) is 0 Å². The summed E-state index contributed by atoms with van der Waals surface area (Å²) in [5, 5.41) is 0. The summed E-state index contributed by atoms with van der Waals surface area (Å²) in [5.74, 6) is 1.96. The molecular weight excluding hydrogens is 430 g/mol. The number of aryl methyl sites for hydroxylation is 2. The van der Waals surface area contributed by atoms with Crippen molar-refractivity contribution in [2.24, 2.45) is 4.99 Å². The maximum Gasteiger partial charge on any atom is 0.334 e. The summed E-state index contributed by atoms with van der Waals surface area (Å²) >= 11 is 0. The second-order valence-corrected chi connectivity index (χ2v) is 8.13. The lowest BCUT2D eigenvalue weighted by Crippen LogP contribution is -2.68. The number of hydrogen-bond acceptors (Lipinski definition) is 5. The van der Waals surface area contributed by atoms with Gasteiger partial charge in [0.15, 0.2) is 0 Å². The lowest BCUT2D eigenvalue weighted by atomic mass is 10.1. The number of anilines is 1. The van der Waals surface area contributed by atoms with Gasteiger partial charge in [0.05, 0.1) is 18.2 Å². The van der Waals surface area contributed by atoms with E-state index < -0.39 is 10.2 Å². The minimum absolute atomic E-state index is 0.982. The number of hydrogen-bond donors (Lipinski definition) is 0. The molecule has 3 aromatic rings. The van der Waals surface area contributed by atoms with Crippen molar-refractivity contribution in [3.05, 3.63) is 95.1 Å². The fourth-order valence-electron chi connectivity index (χ4n) is 3.71. The molecule has 0 bridgehead atoms. The molecule has 3 aromatic carbocycles. The van der Waals surface area contributed by atoms with Crippen molar-refractivity contribution in [1.29, 1.82) is 0 Å². The van der Waals surface area contributed by atoms with E-state index in [-0.39, 0.29) is 0 Å². The second kappa shape index (κ2) is 9.60. The van der Waals surface area contributed by atoms with Crippen LogP contribution in [0.15, 0.2) is 77.8 Å². The number of para-hydroxylation sites is 2. The molecule has 1 aliphatic heterocycles. The molecule has 1 aliphatic rings. The molecule has 0 saturated heterocycles. The van der Waals surface area contributed by atoms with Crippen LogP contribution >= 0.6 is 0 Å². The van der Waals surface area contributed by atoms with E-state index in [1.165, 1.54) is 33.6 Å². The quantitative estimate of drug-likeness (QED) is 0.513. The van der Waals surface area contributed by atoms with Crippen LogP contribution in [-0.4, -0.2) is 30.3 Å². The predicted octanol–water partition coefficient (Wildman–Crippen LogP) is 0.165. The van der Waals surface area contributed by atoms with Gasteiger partial charge in [-0.2, -0.15) is 0 Å². The zero-order valence-corrected chi connectivity index (χ0v) is 19.0. The maximum atomic E-state index is 8.49. The monoisotopic (exact) mass is 453 g/mol. The summed E-state index contributed by atoms with van der Waals surface area (Å²) in [7, 11) is -0.761. The molecule has 0 unspecified atom stereocenters. The third-order valence-corrected chi connectivity index (χ3v) is 5.21. The van der Waals surface area contributed by atoms with Crippen molar-refractivity contribution in [3.8, 4) is 0 Å². The topological polar surface area (TPSA) is 111 Å². The standard InChI is InChI=1S/C24H24N3.ClHO4/c1-17-11-5-9-15-21(17)26(3)23-19-13-7-8-14-20(19)24(25-23)27(4)22-16-10-6-12-18(22)2;2-1(3,4)5/h5-16H,1-4H3;(H,2,3,4,5)/q+1;/p-1. The van der Waals surface area contributed by atoms with Gasteiger partial charge in [-0.15, -0.1) is 10.2 Å². The number of nitrogens with zero attached hydrogens (tertiary/aromatic N) is 3. The Morgan fingerprint density at radius 2 is 1.25 bits per heavy atom. The SMILES string of the molecule is Cc1ccccc1N(C)C1=NC(=[N+](C)c2ccccc2C)c2ccccc21.[O-][Cl+3]([O-])([O-])[O-]. The minimum Gasteiger partial charge on any atom is -0.308 e. The molecule has 7 nitrogen and oxygen atoms in total. The van der Waals surface area contributed by atoms with Gasteiger partial charge in [0.1, 0.15) is 5.69 Å². The highest BCUT2D eigenvalue weighted by molar-refractivity contribution is 6.25. The normalized spacial score (nSPS) is 14.2. The van der Waals surface area contributed by atoms with Gasteiger partial charge < -0.3 is 4.90 Å². The molecule has 32 heavy (non-hydrogen) atoms. The Labute approximate surface area is 189 Å². The van der Waals surface area contributed by atoms with Crippen LogP contribution in [0.5, 0.6) is 0 Å². The predicted molar refractivity (Wildman–Crippen MR) is 114 cm³/mol. The Morgan fingerprint density at radius 3 is 1.84 bits per heavy atom. The fourth-order valence-corrected chi connectivity index (χ4v) is 3.71. The van der Waals surface area contributed by atoms with Crippen molar-refractivity contribution >= 4 is 23.0 Å². The first-order valence-corrected chi connectivity index (χ1v) is 11.1. The van der Waals surface area contributed by atoms with E-state index in [1.54, 1.807) is 0 Å². The molecule has 0 aliphatic carbocycles. The van der Waals surface area contributed by atoms with E-state index >= 15 is 0 Å². The minimum atomic E-state index is -4.94. The fraction of sp³-hybridized carbons (Fsp3) is 0.167. The number of halogens is 1. The average Bonchev–Trinajstić information content (AvgIpc) is 3.12. The molecule has 0 atom stereocenters. The molecule has 8 heteroatoms. The van der Waals surface area contributed by atoms with Crippen LogP contribution in [0.3, 0.4) is 0 Å². The molecule has 1 heterocycles. The summed E-state index contributed by atoms with van der Waals surface area (Å²) in [6.07, 6.45) is 0. The first-order chi connectivity index (χ1) is 15.1. The van der Waals surface area contributed by atoms with Crippen molar-refractivity contribution < 1.29 is 33.5 Å². The third-order valence-electron chi connectivity index (χ3n) is 5.21. The van der Waals surface area contributed by atoms with Gasteiger partial charge in [-0.3, -0.25) is 0 Å². The number of benzene rings is 3. The van der Waals surface area contributed by atoms with Crippen molar-refractivity contribution in [2.45, 2.75) is 13.8 Å². The van der Waals surface area contributed by atoms with Crippen LogP contribution in [-0.2, 0) is 0 Å². The number of rotatable bonds is 2. The number of fused-ring (bicyclic) bond motifs is 1. The molecule has 4 rings (SSSR count). The Bertz CT molecular complexity index is 1180. The largest absolute Gasteiger partial charge is 0.334 e. The lowest BCUT2D eigenvalue weighted by Gasteiger charge is -2.18. The summed E-state index contributed by atoms with van der Waals surface area (Å²) < 4.78 is 36.2. The van der Waals surface area contributed by atoms with Gasteiger partial charge in [-0.25, -0.2) is 23.2 Å². The van der Waals surface area contributed by atoms with E-state index in [0.717, 1.165) is 11.7 Å². The molecule has 0 saturated carbocycles. The highest BCUT2D eigenvalue weighted by atomic mass is 35.7. The van der Waals surface area contributed by atoms with Crippen molar-refractivity contribution in [3.63, 3.8) is 0 Å². The molecule has 0 amide bonds. The van der Waals surface area contributed by atoms with Gasteiger partial charge in [-0.05, 0) is 54.2 Å². The van der Waals surface area contributed by atoms with Crippen LogP contribution in [0.4, 0.5) is 11.4 Å². The van der Waals surface area contributed by atoms with E-state index in [9.17, 15) is 0 Å². The molecule has 166 valence electrons. The molecule has 0 radical (unpaired) electrons. The van der Waals surface area contributed by atoms with Crippen LogP contribution in [0, 0.1) is 24.1 Å². The third kappa shape index (κ3) is 5.40. The van der Waals surface area contributed by atoms with Crippen LogP contribution in [0.1, 0.15) is 22.3 Å². The summed E-state index contributed by atoms with van der Waals surface area (Å²) in [6.45, 7) is 4.27. The number of amidine groups is 2. The van der Waals surface area contributed by atoms with Crippen LogP contribution in [0.25, 0.3) is 0 Å². The van der Waals surface area contributed by atoms with Gasteiger partial charge in [0, 0.05) is 12.7 Å². The Hall–Kier alpha value is -3.07. The first kappa shape index (κ1) is 23.6. The van der Waals surface area contributed by atoms with Gasteiger partial charge in [-0.1, -0.05) is 48.5 Å². The highest BCUT2D eigenvalue weighted by Gasteiger charge is 2.34.